The number of β-amino-alcohol motifs (C(OH)–C–C–N with tert-alkyl or cyclic N) is 1. The molecule has 1 unspecified atom stereocenters. The smallest absolute Gasteiger partial charge is 0.0667 e. The summed E-state index contributed by atoms with van der Waals surface area (Å²) in [5.74, 6) is 0. The minimum Gasteiger partial charge on any atom is -0.392 e. The number of morpholine rings is 1. The average molecular weight is 215 g/mol. The van der Waals surface area contributed by atoms with Gasteiger partial charge in [0.1, 0.15) is 0 Å². The molecule has 0 spiro atoms. The van der Waals surface area contributed by atoms with Gasteiger partial charge in [-0.1, -0.05) is 32.6 Å². The van der Waals surface area contributed by atoms with Gasteiger partial charge in [-0.15, -0.1) is 0 Å². The summed E-state index contributed by atoms with van der Waals surface area (Å²) in [5.41, 5.74) is 0. The molecule has 90 valence electrons. The van der Waals surface area contributed by atoms with Gasteiger partial charge >= 0.3 is 0 Å². The van der Waals surface area contributed by atoms with E-state index in [0.717, 1.165) is 39.3 Å². The lowest BCUT2D eigenvalue weighted by Crippen LogP contribution is -2.40. The number of hydrogen-bond donors (Lipinski definition) is 1. The van der Waals surface area contributed by atoms with E-state index in [1.54, 1.807) is 0 Å². The zero-order valence-corrected chi connectivity index (χ0v) is 9.95. The van der Waals surface area contributed by atoms with Crippen molar-refractivity contribution in [1.82, 2.24) is 4.90 Å². The molecule has 0 radical (unpaired) electrons. The summed E-state index contributed by atoms with van der Waals surface area (Å²) >= 11 is 0. The fourth-order valence-corrected chi connectivity index (χ4v) is 1.98. The Morgan fingerprint density at radius 1 is 1.20 bits per heavy atom. The van der Waals surface area contributed by atoms with E-state index in [1.165, 1.54) is 25.7 Å². The number of hydrogen-bond acceptors (Lipinski definition) is 3. The van der Waals surface area contributed by atoms with Crippen LogP contribution in [0.2, 0.25) is 0 Å². The first kappa shape index (κ1) is 12.9. The Morgan fingerprint density at radius 3 is 2.60 bits per heavy atom. The maximum absolute atomic E-state index is 9.82. The van der Waals surface area contributed by atoms with E-state index in [1.807, 2.05) is 0 Å². The molecule has 0 bridgehead atoms. The van der Waals surface area contributed by atoms with Crippen molar-refractivity contribution in [3.8, 4) is 0 Å². The fourth-order valence-electron chi connectivity index (χ4n) is 1.98. The second kappa shape index (κ2) is 8.08. The van der Waals surface area contributed by atoms with Crippen molar-refractivity contribution in [3.63, 3.8) is 0 Å². The molecule has 0 aromatic heterocycles. The van der Waals surface area contributed by atoms with Crippen LogP contribution >= 0.6 is 0 Å². The Kier molecular flexibility index (Phi) is 6.98. The van der Waals surface area contributed by atoms with Crippen LogP contribution in [0.25, 0.3) is 0 Å². The van der Waals surface area contributed by atoms with Gasteiger partial charge in [0.15, 0.2) is 0 Å². The quantitative estimate of drug-likeness (QED) is 0.655. The topological polar surface area (TPSA) is 32.7 Å². The summed E-state index contributed by atoms with van der Waals surface area (Å²) in [6.45, 7) is 6.64. The van der Waals surface area contributed by atoms with Crippen molar-refractivity contribution < 1.29 is 9.84 Å². The molecule has 0 aromatic carbocycles. The number of aliphatic hydroxyl groups is 1. The predicted octanol–water partition coefficient (Wildman–Crippen LogP) is 1.65. The Balaban J connectivity index is 1.98. The summed E-state index contributed by atoms with van der Waals surface area (Å²) in [5, 5.41) is 9.82. The van der Waals surface area contributed by atoms with Crippen molar-refractivity contribution >= 4 is 0 Å². The average Bonchev–Trinajstić information content (AvgIpc) is 2.26. The van der Waals surface area contributed by atoms with Crippen LogP contribution in [0.5, 0.6) is 0 Å². The largest absolute Gasteiger partial charge is 0.392 e. The minimum atomic E-state index is -0.139. The highest BCUT2D eigenvalue weighted by Crippen LogP contribution is 2.07. The SMILES string of the molecule is CCCCCCC(O)CN1CCOCC1. The molecule has 1 N–H and O–H groups in total. The van der Waals surface area contributed by atoms with Crippen LogP contribution < -0.4 is 0 Å². The van der Waals surface area contributed by atoms with Crippen LogP contribution in [0.1, 0.15) is 39.0 Å². The van der Waals surface area contributed by atoms with E-state index in [4.69, 9.17) is 4.74 Å². The van der Waals surface area contributed by atoms with Gasteiger partial charge in [-0.05, 0) is 6.42 Å². The molecular weight excluding hydrogens is 190 g/mol. The second-order valence-corrected chi connectivity index (χ2v) is 4.42. The standard InChI is InChI=1S/C12H25NO2/c1-2-3-4-5-6-12(14)11-13-7-9-15-10-8-13/h12,14H,2-11H2,1H3. The minimum absolute atomic E-state index is 0.139. The van der Waals surface area contributed by atoms with E-state index in [-0.39, 0.29) is 6.10 Å². The molecule has 0 aliphatic carbocycles. The zero-order chi connectivity index (χ0) is 10.9. The highest BCUT2D eigenvalue weighted by molar-refractivity contribution is 4.67. The molecule has 1 saturated heterocycles. The molecule has 3 nitrogen and oxygen atoms in total. The number of nitrogens with zero attached hydrogens (tertiary/aromatic N) is 1. The Hall–Kier alpha value is -0.120. The number of ether oxygens (including phenoxy) is 1. The van der Waals surface area contributed by atoms with Gasteiger partial charge in [0.25, 0.3) is 0 Å². The molecule has 1 rings (SSSR count). The van der Waals surface area contributed by atoms with E-state index < -0.39 is 0 Å². The lowest BCUT2D eigenvalue weighted by molar-refractivity contribution is 0.0127. The van der Waals surface area contributed by atoms with E-state index in [9.17, 15) is 5.11 Å². The summed E-state index contributed by atoms with van der Waals surface area (Å²) < 4.78 is 5.27. The third-order valence-electron chi connectivity index (χ3n) is 2.96. The molecule has 15 heavy (non-hydrogen) atoms. The molecule has 1 aliphatic heterocycles. The monoisotopic (exact) mass is 215 g/mol. The molecule has 1 aliphatic rings. The third-order valence-corrected chi connectivity index (χ3v) is 2.96. The van der Waals surface area contributed by atoms with Gasteiger partial charge in [0.2, 0.25) is 0 Å². The van der Waals surface area contributed by atoms with E-state index in [2.05, 4.69) is 11.8 Å². The summed E-state index contributed by atoms with van der Waals surface area (Å²) in [7, 11) is 0. The fraction of sp³-hybridized carbons (Fsp3) is 1.00. The summed E-state index contributed by atoms with van der Waals surface area (Å²) in [4.78, 5) is 2.30. The predicted molar refractivity (Wildman–Crippen MR) is 62.0 cm³/mol. The van der Waals surface area contributed by atoms with E-state index >= 15 is 0 Å². The van der Waals surface area contributed by atoms with Gasteiger partial charge in [-0.2, -0.15) is 0 Å². The van der Waals surface area contributed by atoms with Gasteiger partial charge in [-0.3, -0.25) is 4.90 Å². The van der Waals surface area contributed by atoms with Gasteiger partial charge < -0.3 is 9.84 Å². The highest BCUT2D eigenvalue weighted by atomic mass is 16.5. The molecule has 1 fully saturated rings. The van der Waals surface area contributed by atoms with Gasteiger partial charge in [-0.25, -0.2) is 0 Å². The lowest BCUT2D eigenvalue weighted by Gasteiger charge is -2.28. The van der Waals surface area contributed by atoms with Crippen LogP contribution in [-0.2, 0) is 4.74 Å². The van der Waals surface area contributed by atoms with Crippen LogP contribution in [0.3, 0.4) is 0 Å². The van der Waals surface area contributed by atoms with Crippen LogP contribution in [0, 0.1) is 0 Å². The van der Waals surface area contributed by atoms with Crippen molar-refractivity contribution in [1.29, 1.82) is 0 Å². The Bertz CT molecular complexity index is 147. The van der Waals surface area contributed by atoms with Crippen molar-refractivity contribution in [2.24, 2.45) is 0 Å². The van der Waals surface area contributed by atoms with Crippen LogP contribution in [0.4, 0.5) is 0 Å². The summed E-state index contributed by atoms with van der Waals surface area (Å²) in [6.07, 6.45) is 5.80. The number of rotatable bonds is 7. The zero-order valence-electron chi connectivity index (χ0n) is 9.95. The maximum atomic E-state index is 9.82. The first-order chi connectivity index (χ1) is 7.33. The third kappa shape index (κ3) is 6.13. The maximum Gasteiger partial charge on any atom is 0.0667 e. The van der Waals surface area contributed by atoms with Crippen LogP contribution in [0.15, 0.2) is 0 Å². The molecule has 3 heteroatoms. The van der Waals surface area contributed by atoms with E-state index in [0.29, 0.717) is 0 Å². The molecule has 1 heterocycles. The Morgan fingerprint density at radius 2 is 1.93 bits per heavy atom. The summed E-state index contributed by atoms with van der Waals surface area (Å²) in [6, 6.07) is 0. The van der Waals surface area contributed by atoms with Gasteiger partial charge in [0.05, 0.1) is 19.3 Å². The highest BCUT2D eigenvalue weighted by Gasteiger charge is 2.14. The molecule has 0 saturated carbocycles. The number of unbranched alkanes of at least 4 members (excludes halogenated alkanes) is 3. The molecule has 0 aromatic rings. The first-order valence-corrected chi connectivity index (χ1v) is 6.31. The van der Waals surface area contributed by atoms with Crippen molar-refractivity contribution in [2.75, 3.05) is 32.8 Å². The van der Waals surface area contributed by atoms with Crippen molar-refractivity contribution in [3.05, 3.63) is 0 Å². The first-order valence-electron chi connectivity index (χ1n) is 6.31. The lowest BCUT2D eigenvalue weighted by atomic mass is 10.1. The molecule has 0 amide bonds. The van der Waals surface area contributed by atoms with Gasteiger partial charge in [0, 0.05) is 19.6 Å². The molecular formula is C12H25NO2. The van der Waals surface area contributed by atoms with Crippen molar-refractivity contribution in [2.45, 2.75) is 45.1 Å². The molecule has 1 atom stereocenters. The normalized spacial score (nSPS) is 20.4. The second-order valence-electron chi connectivity index (χ2n) is 4.42. The van der Waals surface area contributed by atoms with Crippen LogP contribution in [-0.4, -0.2) is 49.0 Å². The Labute approximate surface area is 93.4 Å². The number of aliphatic hydroxyl groups excluding tert-OH is 1.